The van der Waals surface area contributed by atoms with Crippen LogP contribution in [0, 0.1) is 18.8 Å². The summed E-state index contributed by atoms with van der Waals surface area (Å²) in [6, 6.07) is 13.4. The summed E-state index contributed by atoms with van der Waals surface area (Å²) in [5.74, 6) is 6.12. The summed E-state index contributed by atoms with van der Waals surface area (Å²) in [6.45, 7) is 2.05. The van der Waals surface area contributed by atoms with Crippen molar-refractivity contribution in [2.24, 2.45) is 0 Å². The van der Waals surface area contributed by atoms with E-state index in [0.717, 1.165) is 11.1 Å². The minimum absolute atomic E-state index is 0.608. The number of hydrogen-bond acceptors (Lipinski definition) is 1. The van der Waals surface area contributed by atoms with Gasteiger partial charge in [-0.05, 0) is 37.3 Å². The van der Waals surface area contributed by atoms with Gasteiger partial charge in [-0.3, -0.25) is 0 Å². The number of benzene rings is 2. The molecule has 2 aromatic carbocycles. The number of nitrogen functional groups attached to an aromatic ring is 1. The second-order valence-corrected chi connectivity index (χ2v) is 4.28. The maximum absolute atomic E-state index is 5.82. The molecule has 0 fully saturated rings. The van der Waals surface area contributed by atoms with Crippen molar-refractivity contribution in [1.29, 1.82) is 0 Å². The van der Waals surface area contributed by atoms with Crippen molar-refractivity contribution < 1.29 is 0 Å². The first-order chi connectivity index (χ1) is 8.15. The highest BCUT2D eigenvalue weighted by atomic mass is 35.5. The van der Waals surface area contributed by atoms with Gasteiger partial charge in [0.05, 0.1) is 0 Å². The minimum atomic E-state index is 0.608. The van der Waals surface area contributed by atoms with E-state index in [1.165, 1.54) is 5.56 Å². The third kappa shape index (κ3) is 3.03. The summed E-state index contributed by atoms with van der Waals surface area (Å²) < 4.78 is 0. The first kappa shape index (κ1) is 11.6. The Kier molecular flexibility index (Phi) is 3.37. The van der Waals surface area contributed by atoms with E-state index in [-0.39, 0.29) is 0 Å². The summed E-state index contributed by atoms with van der Waals surface area (Å²) in [5.41, 5.74) is 9.43. The largest absolute Gasteiger partial charge is 0.398 e. The Morgan fingerprint density at radius 1 is 1.00 bits per heavy atom. The van der Waals surface area contributed by atoms with Gasteiger partial charge in [0.25, 0.3) is 0 Å². The van der Waals surface area contributed by atoms with Gasteiger partial charge in [0, 0.05) is 21.8 Å². The molecule has 0 atom stereocenters. The predicted molar refractivity (Wildman–Crippen MR) is 73.0 cm³/mol. The standard InChI is InChI=1S/C15H12ClN/c1-11-2-4-12(5-3-11)6-7-13-8-9-14(16)10-15(13)17/h2-5,8-10H,17H2,1H3. The average Bonchev–Trinajstić information content (AvgIpc) is 2.30. The molecular formula is C15H12ClN. The summed E-state index contributed by atoms with van der Waals surface area (Å²) >= 11 is 5.82. The van der Waals surface area contributed by atoms with E-state index in [0.29, 0.717) is 10.7 Å². The topological polar surface area (TPSA) is 26.0 Å². The fraction of sp³-hybridized carbons (Fsp3) is 0.0667. The van der Waals surface area contributed by atoms with Crippen LogP contribution in [0.5, 0.6) is 0 Å². The van der Waals surface area contributed by atoms with Gasteiger partial charge < -0.3 is 5.73 Å². The summed E-state index contributed by atoms with van der Waals surface area (Å²) in [7, 11) is 0. The van der Waals surface area contributed by atoms with Gasteiger partial charge in [-0.15, -0.1) is 0 Å². The van der Waals surface area contributed by atoms with Gasteiger partial charge in [0.1, 0.15) is 0 Å². The zero-order valence-electron chi connectivity index (χ0n) is 9.50. The van der Waals surface area contributed by atoms with Crippen LogP contribution in [0.3, 0.4) is 0 Å². The Morgan fingerprint density at radius 2 is 1.71 bits per heavy atom. The molecule has 0 aliphatic rings. The Hall–Kier alpha value is -1.91. The van der Waals surface area contributed by atoms with Gasteiger partial charge in [-0.25, -0.2) is 0 Å². The first-order valence-corrected chi connectivity index (χ1v) is 5.67. The van der Waals surface area contributed by atoms with Crippen molar-refractivity contribution in [3.8, 4) is 11.8 Å². The van der Waals surface area contributed by atoms with Crippen LogP contribution in [0.2, 0.25) is 5.02 Å². The molecule has 2 rings (SSSR count). The molecule has 17 heavy (non-hydrogen) atoms. The molecule has 0 radical (unpaired) electrons. The molecule has 84 valence electrons. The lowest BCUT2D eigenvalue weighted by atomic mass is 10.1. The Balaban J connectivity index is 2.29. The van der Waals surface area contributed by atoms with E-state index in [1.807, 2.05) is 37.3 Å². The molecule has 1 nitrogen and oxygen atoms in total. The third-order valence-corrected chi connectivity index (χ3v) is 2.64. The van der Waals surface area contributed by atoms with Gasteiger partial charge in [-0.1, -0.05) is 41.1 Å². The lowest BCUT2D eigenvalue weighted by Crippen LogP contribution is -1.89. The molecule has 0 unspecified atom stereocenters. The first-order valence-electron chi connectivity index (χ1n) is 5.29. The van der Waals surface area contributed by atoms with Crippen LogP contribution in [0.1, 0.15) is 16.7 Å². The Labute approximate surface area is 106 Å². The van der Waals surface area contributed by atoms with E-state index in [2.05, 4.69) is 11.8 Å². The highest BCUT2D eigenvalue weighted by molar-refractivity contribution is 6.30. The monoisotopic (exact) mass is 241 g/mol. The van der Waals surface area contributed by atoms with Gasteiger partial charge >= 0.3 is 0 Å². The molecule has 0 aliphatic heterocycles. The second kappa shape index (κ2) is 4.95. The second-order valence-electron chi connectivity index (χ2n) is 3.85. The molecule has 0 amide bonds. The molecule has 0 spiro atoms. The van der Waals surface area contributed by atoms with Crippen molar-refractivity contribution >= 4 is 17.3 Å². The zero-order chi connectivity index (χ0) is 12.3. The van der Waals surface area contributed by atoms with Crippen LogP contribution in [0.4, 0.5) is 5.69 Å². The van der Waals surface area contributed by atoms with E-state index < -0.39 is 0 Å². The molecule has 0 aromatic heterocycles. The van der Waals surface area contributed by atoms with Crippen LogP contribution in [0.25, 0.3) is 0 Å². The highest BCUT2D eigenvalue weighted by Crippen LogP contribution is 2.17. The molecule has 2 aromatic rings. The Bertz CT molecular complexity index is 589. The molecule has 0 heterocycles. The molecule has 2 heteroatoms. The fourth-order valence-corrected chi connectivity index (χ4v) is 1.60. The maximum Gasteiger partial charge on any atom is 0.0488 e. The van der Waals surface area contributed by atoms with Gasteiger partial charge in [0.15, 0.2) is 0 Å². The summed E-state index contributed by atoms with van der Waals surface area (Å²) in [6.07, 6.45) is 0. The highest BCUT2D eigenvalue weighted by Gasteiger charge is 1.95. The van der Waals surface area contributed by atoms with Crippen molar-refractivity contribution in [3.63, 3.8) is 0 Å². The van der Waals surface area contributed by atoms with E-state index in [1.54, 1.807) is 12.1 Å². The number of aryl methyl sites for hydroxylation is 1. The van der Waals surface area contributed by atoms with Crippen LogP contribution in [0.15, 0.2) is 42.5 Å². The molecule has 0 bridgehead atoms. The van der Waals surface area contributed by atoms with Gasteiger partial charge in [0.2, 0.25) is 0 Å². The lowest BCUT2D eigenvalue weighted by molar-refractivity contribution is 1.46. The maximum atomic E-state index is 5.82. The van der Waals surface area contributed by atoms with Crippen LogP contribution in [-0.4, -0.2) is 0 Å². The number of nitrogens with two attached hydrogens (primary N) is 1. The summed E-state index contributed by atoms with van der Waals surface area (Å²) in [5, 5.41) is 0.628. The normalized spacial score (nSPS) is 9.53. The van der Waals surface area contributed by atoms with Crippen molar-refractivity contribution in [2.45, 2.75) is 6.92 Å². The van der Waals surface area contributed by atoms with Crippen molar-refractivity contribution in [3.05, 3.63) is 64.2 Å². The number of anilines is 1. The number of hydrogen-bond donors (Lipinski definition) is 1. The van der Waals surface area contributed by atoms with Crippen LogP contribution < -0.4 is 5.73 Å². The fourth-order valence-electron chi connectivity index (χ4n) is 1.42. The summed E-state index contributed by atoms with van der Waals surface area (Å²) in [4.78, 5) is 0. The van der Waals surface area contributed by atoms with Gasteiger partial charge in [-0.2, -0.15) is 0 Å². The third-order valence-electron chi connectivity index (χ3n) is 2.41. The number of halogens is 1. The lowest BCUT2D eigenvalue weighted by Gasteiger charge is -1.98. The van der Waals surface area contributed by atoms with Crippen molar-refractivity contribution in [1.82, 2.24) is 0 Å². The Morgan fingerprint density at radius 3 is 2.35 bits per heavy atom. The zero-order valence-corrected chi connectivity index (χ0v) is 10.3. The van der Waals surface area contributed by atoms with E-state index in [4.69, 9.17) is 17.3 Å². The predicted octanol–water partition coefficient (Wildman–Crippen LogP) is 3.63. The molecular weight excluding hydrogens is 230 g/mol. The molecule has 0 saturated carbocycles. The minimum Gasteiger partial charge on any atom is -0.398 e. The quantitative estimate of drug-likeness (QED) is 0.553. The smallest absolute Gasteiger partial charge is 0.0488 e. The molecule has 2 N–H and O–H groups in total. The average molecular weight is 242 g/mol. The van der Waals surface area contributed by atoms with Crippen LogP contribution >= 0.6 is 11.6 Å². The van der Waals surface area contributed by atoms with E-state index in [9.17, 15) is 0 Å². The molecule has 0 saturated heterocycles. The molecule has 0 aliphatic carbocycles. The van der Waals surface area contributed by atoms with Crippen molar-refractivity contribution in [2.75, 3.05) is 5.73 Å². The van der Waals surface area contributed by atoms with E-state index >= 15 is 0 Å². The van der Waals surface area contributed by atoms with Crippen LogP contribution in [-0.2, 0) is 0 Å². The number of rotatable bonds is 0. The SMILES string of the molecule is Cc1ccc(C#Cc2ccc(Cl)cc2N)cc1.